The molecule has 4 fully saturated rings. The molecular weight excluding hydrogens is 296 g/mol. The summed E-state index contributed by atoms with van der Waals surface area (Å²) in [5.74, 6) is 2.31. The highest BCUT2D eigenvalue weighted by atomic mass is 28.4. The molecule has 0 aromatic rings. The van der Waals surface area contributed by atoms with E-state index in [-0.39, 0.29) is 0 Å². The molecule has 6 unspecified atom stereocenters. The molecule has 2 heterocycles. The summed E-state index contributed by atoms with van der Waals surface area (Å²) in [7, 11) is 1.63. The minimum atomic E-state index is -2.03. The molecule has 0 bridgehead atoms. The standard InChI is InChI=1S/C17H30O4Si/c1-18-22(3,19-2)10-13(11-4-6-14-16(8-11)20-14)12-5-7-15-17(9-12)21-15/h11-17H,4-10H2,1-3H3. The van der Waals surface area contributed by atoms with Crippen LogP contribution in [-0.2, 0) is 18.3 Å². The average molecular weight is 327 g/mol. The van der Waals surface area contributed by atoms with E-state index in [1.165, 1.54) is 38.5 Å². The second-order valence-electron chi connectivity index (χ2n) is 7.98. The molecule has 0 aromatic carbocycles. The van der Waals surface area contributed by atoms with Crippen LogP contribution in [-0.4, -0.2) is 47.2 Å². The Morgan fingerprint density at radius 3 is 1.77 bits per heavy atom. The molecule has 2 saturated carbocycles. The first-order valence-corrected chi connectivity index (χ1v) is 11.6. The van der Waals surface area contributed by atoms with Crippen LogP contribution in [0.25, 0.3) is 0 Å². The van der Waals surface area contributed by atoms with Crippen LogP contribution in [0.4, 0.5) is 0 Å². The zero-order valence-electron chi connectivity index (χ0n) is 14.1. The molecule has 6 atom stereocenters. The van der Waals surface area contributed by atoms with Crippen molar-refractivity contribution in [2.24, 2.45) is 17.8 Å². The smallest absolute Gasteiger partial charge is 0.334 e. The fourth-order valence-electron chi connectivity index (χ4n) is 5.04. The van der Waals surface area contributed by atoms with E-state index in [0.717, 1.165) is 23.8 Å². The zero-order chi connectivity index (χ0) is 15.3. The maximum absolute atomic E-state index is 5.83. The third kappa shape index (κ3) is 3.03. The maximum Gasteiger partial charge on any atom is 0.334 e. The third-order valence-electron chi connectivity index (χ3n) is 6.77. The van der Waals surface area contributed by atoms with Crippen molar-refractivity contribution >= 4 is 8.56 Å². The fraction of sp³-hybridized carbons (Fsp3) is 1.00. The lowest BCUT2D eigenvalue weighted by Crippen LogP contribution is -2.43. The van der Waals surface area contributed by atoms with E-state index >= 15 is 0 Å². The van der Waals surface area contributed by atoms with E-state index in [0.29, 0.717) is 24.4 Å². The van der Waals surface area contributed by atoms with Crippen molar-refractivity contribution in [3.05, 3.63) is 0 Å². The summed E-state index contributed by atoms with van der Waals surface area (Å²) in [6, 6.07) is 1.13. The number of hydrogen-bond acceptors (Lipinski definition) is 4. The Morgan fingerprint density at radius 2 is 1.36 bits per heavy atom. The van der Waals surface area contributed by atoms with Gasteiger partial charge >= 0.3 is 8.56 Å². The largest absolute Gasteiger partial charge is 0.398 e. The van der Waals surface area contributed by atoms with Crippen molar-refractivity contribution in [2.45, 2.75) is 75.5 Å². The Bertz CT molecular complexity index is 385. The van der Waals surface area contributed by atoms with Crippen LogP contribution < -0.4 is 0 Å². The van der Waals surface area contributed by atoms with Crippen molar-refractivity contribution in [2.75, 3.05) is 14.2 Å². The van der Waals surface area contributed by atoms with Crippen molar-refractivity contribution in [1.82, 2.24) is 0 Å². The molecule has 4 aliphatic rings. The molecule has 4 rings (SSSR count). The quantitative estimate of drug-likeness (QED) is 0.556. The van der Waals surface area contributed by atoms with Crippen molar-refractivity contribution in [3.8, 4) is 0 Å². The maximum atomic E-state index is 5.83. The monoisotopic (exact) mass is 326 g/mol. The first-order valence-electron chi connectivity index (χ1n) is 9.03. The van der Waals surface area contributed by atoms with Crippen molar-refractivity contribution in [1.29, 1.82) is 0 Å². The highest BCUT2D eigenvalue weighted by Gasteiger charge is 2.51. The predicted molar refractivity (Wildman–Crippen MR) is 85.9 cm³/mol. The van der Waals surface area contributed by atoms with Crippen LogP contribution in [0.1, 0.15) is 38.5 Å². The summed E-state index contributed by atoms with van der Waals surface area (Å²) in [6.45, 7) is 2.22. The summed E-state index contributed by atoms with van der Waals surface area (Å²) in [5.41, 5.74) is 0. The lowest BCUT2D eigenvalue weighted by molar-refractivity contribution is 0.151. The Hall–Kier alpha value is 0.0569. The Morgan fingerprint density at radius 1 is 0.864 bits per heavy atom. The van der Waals surface area contributed by atoms with Gasteiger partial charge in [-0.15, -0.1) is 0 Å². The molecule has 0 amide bonds. The number of hydrogen-bond donors (Lipinski definition) is 0. The molecule has 126 valence electrons. The van der Waals surface area contributed by atoms with Gasteiger partial charge in [0.2, 0.25) is 0 Å². The van der Waals surface area contributed by atoms with Gasteiger partial charge in [-0.3, -0.25) is 0 Å². The zero-order valence-corrected chi connectivity index (χ0v) is 15.1. The van der Waals surface area contributed by atoms with Crippen LogP contribution in [0.2, 0.25) is 12.6 Å². The SMILES string of the molecule is CO[Si](C)(CC(C1CCC2OC2C1)C1CCC2OC2C1)OC. The van der Waals surface area contributed by atoms with E-state index in [9.17, 15) is 0 Å². The molecule has 0 spiro atoms. The number of epoxide rings is 2. The summed E-state index contributed by atoms with van der Waals surface area (Å²) in [6.07, 6.45) is 10.0. The molecule has 2 saturated heterocycles. The van der Waals surface area contributed by atoms with Gasteiger partial charge in [0.25, 0.3) is 0 Å². The van der Waals surface area contributed by atoms with Gasteiger partial charge in [0.15, 0.2) is 0 Å². The molecule has 2 aliphatic carbocycles. The Labute approximate surface area is 135 Å². The van der Waals surface area contributed by atoms with Crippen LogP contribution >= 0.6 is 0 Å². The van der Waals surface area contributed by atoms with Gasteiger partial charge in [-0.05, 0) is 68.9 Å². The second kappa shape index (κ2) is 5.85. The molecule has 5 heteroatoms. The molecule has 0 aromatic heterocycles. The van der Waals surface area contributed by atoms with E-state index < -0.39 is 8.56 Å². The fourth-order valence-corrected chi connectivity index (χ4v) is 7.07. The van der Waals surface area contributed by atoms with Crippen molar-refractivity contribution in [3.63, 3.8) is 0 Å². The topological polar surface area (TPSA) is 43.5 Å². The normalized spacial score (nSPS) is 44.9. The third-order valence-corrected chi connectivity index (χ3v) is 9.71. The van der Waals surface area contributed by atoms with Crippen LogP contribution in [0.3, 0.4) is 0 Å². The summed E-state index contributed by atoms with van der Waals surface area (Å²) < 4.78 is 23.2. The van der Waals surface area contributed by atoms with E-state index in [1.54, 1.807) is 0 Å². The molecule has 0 radical (unpaired) electrons. The molecule has 22 heavy (non-hydrogen) atoms. The van der Waals surface area contributed by atoms with Gasteiger partial charge in [-0.25, -0.2) is 0 Å². The molecule has 4 nitrogen and oxygen atoms in total. The Balaban J connectivity index is 1.48. The summed E-state index contributed by atoms with van der Waals surface area (Å²) in [5, 5.41) is 0. The summed E-state index contributed by atoms with van der Waals surface area (Å²) in [4.78, 5) is 0. The first kappa shape index (κ1) is 15.6. The minimum Gasteiger partial charge on any atom is -0.398 e. The minimum absolute atomic E-state index is 0.563. The highest BCUT2D eigenvalue weighted by Crippen LogP contribution is 2.51. The first-order chi connectivity index (χ1) is 10.6. The van der Waals surface area contributed by atoms with Gasteiger partial charge in [0, 0.05) is 14.2 Å². The van der Waals surface area contributed by atoms with Gasteiger partial charge < -0.3 is 18.3 Å². The van der Waals surface area contributed by atoms with E-state index in [1.807, 2.05) is 14.2 Å². The number of ether oxygens (including phenoxy) is 2. The number of fused-ring (bicyclic) bond motifs is 2. The molecular formula is C17H30O4Si. The molecule has 2 aliphatic heterocycles. The predicted octanol–water partition coefficient (Wildman–Crippen LogP) is 3.10. The van der Waals surface area contributed by atoms with E-state index in [2.05, 4.69) is 6.55 Å². The lowest BCUT2D eigenvalue weighted by Gasteiger charge is -2.39. The lowest BCUT2D eigenvalue weighted by atomic mass is 9.70. The van der Waals surface area contributed by atoms with Gasteiger partial charge in [-0.2, -0.15) is 0 Å². The van der Waals surface area contributed by atoms with Crippen LogP contribution in [0, 0.1) is 17.8 Å². The van der Waals surface area contributed by atoms with Crippen LogP contribution in [0.15, 0.2) is 0 Å². The van der Waals surface area contributed by atoms with E-state index in [4.69, 9.17) is 18.3 Å². The Kier molecular flexibility index (Phi) is 4.14. The van der Waals surface area contributed by atoms with Crippen molar-refractivity contribution < 1.29 is 18.3 Å². The number of rotatable bonds is 6. The van der Waals surface area contributed by atoms with Crippen LogP contribution in [0.5, 0.6) is 0 Å². The summed E-state index contributed by atoms with van der Waals surface area (Å²) >= 11 is 0. The van der Waals surface area contributed by atoms with Gasteiger partial charge in [0.1, 0.15) is 0 Å². The second-order valence-corrected chi connectivity index (χ2v) is 11.5. The van der Waals surface area contributed by atoms with Gasteiger partial charge in [0.05, 0.1) is 24.4 Å². The molecule has 0 N–H and O–H groups in total. The van der Waals surface area contributed by atoms with Gasteiger partial charge in [-0.1, -0.05) is 0 Å². The average Bonchev–Trinajstić information content (AvgIpc) is 3.44. The highest BCUT2D eigenvalue weighted by molar-refractivity contribution is 6.66.